The van der Waals surface area contributed by atoms with Gasteiger partial charge in [-0.15, -0.1) is 0 Å². The molecular formula is C26H39N5O10. The van der Waals surface area contributed by atoms with E-state index in [1.165, 1.54) is 32.9 Å². The summed E-state index contributed by atoms with van der Waals surface area (Å²) in [5, 5.41) is 32.4. The predicted octanol–water partition coefficient (Wildman–Crippen LogP) is 2.39. The van der Waals surface area contributed by atoms with Crippen LogP contribution in [0.5, 0.6) is 0 Å². The molecule has 2 aliphatic rings. The Hall–Kier alpha value is -4.14. The van der Waals surface area contributed by atoms with E-state index in [1.54, 1.807) is 47.6 Å². The molecule has 0 saturated carbocycles. The molecule has 15 heteroatoms. The second-order valence-corrected chi connectivity index (χ2v) is 11.5. The number of hydrogen-bond acceptors (Lipinski definition) is 10. The van der Waals surface area contributed by atoms with Crippen LogP contribution in [-0.4, -0.2) is 112 Å². The Morgan fingerprint density at radius 3 is 1.90 bits per heavy atom. The third-order valence-electron chi connectivity index (χ3n) is 5.83. The summed E-state index contributed by atoms with van der Waals surface area (Å²) in [4.78, 5) is 61.1. The average Bonchev–Trinajstić information content (AvgIpc) is 2.86. The number of nitrogens with one attached hydrogen (secondary N) is 1. The monoisotopic (exact) mass is 581 g/mol. The highest BCUT2D eigenvalue weighted by Gasteiger charge is 2.38. The first kappa shape index (κ1) is 33.1. The van der Waals surface area contributed by atoms with E-state index in [-0.39, 0.29) is 37.6 Å². The molecule has 1 aromatic rings. The van der Waals surface area contributed by atoms with Gasteiger partial charge in [-0.25, -0.2) is 14.4 Å². The Morgan fingerprint density at radius 1 is 0.878 bits per heavy atom. The highest BCUT2D eigenvalue weighted by Crippen LogP contribution is 2.31. The summed E-state index contributed by atoms with van der Waals surface area (Å²) >= 11 is 0. The van der Waals surface area contributed by atoms with E-state index in [0.29, 0.717) is 13.1 Å². The number of rotatable bonds is 4. The summed E-state index contributed by atoms with van der Waals surface area (Å²) in [7, 11) is 0. The smallest absolute Gasteiger partial charge is 0.410 e. The molecule has 0 spiro atoms. The number of nitro groups is 1. The van der Waals surface area contributed by atoms with Crippen LogP contribution in [0.25, 0.3) is 0 Å². The number of hydrogen-bond donors (Lipinski definition) is 3. The molecular weight excluding hydrogens is 542 g/mol. The van der Waals surface area contributed by atoms with E-state index in [0.717, 1.165) is 0 Å². The highest BCUT2D eigenvalue weighted by atomic mass is 16.6. The highest BCUT2D eigenvalue weighted by molar-refractivity contribution is 5.82. The lowest BCUT2D eigenvalue weighted by atomic mass is 10.1. The van der Waals surface area contributed by atoms with Crippen molar-refractivity contribution >= 4 is 35.5 Å². The van der Waals surface area contributed by atoms with E-state index in [2.05, 4.69) is 5.32 Å². The van der Waals surface area contributed by atoms with Gasteiger partial charge < -0.3 is 39.7 Å². The summed E-state index contributed by atoms with van der Waals surface area (Å²) in [6.07, 6.45) is -1.05. The molecule has 15 nitrogen and oxygen atoms in total. The first-order valence-corrected chi connectivity index (χ1v) is 13.0. The van der Waals surface area contributed by atoms with Crippen molar-refractivity contribution in [3.63, 3.8) is 0 Å². The van der Waals surface area contributed by atoms with Gasteiger partial charge in [0.1, 0.15) is 29.0 Å². The lowest BCUT2D eigenvalue weighted by molar-refractivity contribution is -0.384. The molecule has 2 saturated heterocycles. The zero-order valence-corrected chi connectivity index (χ0v) is 24.2. The molecule has 41 heavy (non-hydrogen) atoms. The number of carbonyl (C=O) groups is 4. The van der Waals surface area contributed by atoms with Crippen LogP contribution in [0, 0.1) is 10.1 Å². The van der Waals surface area contributed by atoms with Crippen LogP contribution in [0.4, 0.5) is 21.0 Å². The Labute approximate surface area is 238 Å². The fourth-order valence-electron chi connectivity index (χ4n) is 4.04. The molecule has 3 rings (SSSR count). The van der Waals surface area contributed by atoms with Gasteiger partial charge in [-0.1, -0.05) is 12.1 Å². The average molecular weight is 582 g/mol. The van der Waals surface area contributed by atoms with Gasteiger partial charge in [0.15, 0.2) is 0 Å². The van der Waals surface area contributed by atoms with Crippen molar-refractivity contribution in [3.05, 3.63) is 34.4 Å². The number of carboxylic acid groups (broad SMARTS) is 2. The van der Waals surface area contributed by atoms with Gasteiger partial charge in [0.05, 0.1) is 18.0 Å². The van der Waals surface area contributed by atoms with Crippen molar-refractivity contribution in [1.29, 1.82) is 0 Å². The summed E-state index contributed by atoms with van der Waals surface area (Å²) in [6, 6.07) is 4.17. The summed E-state index contributed by atoms with van der Waals surface area (Å²) in [6.45, 7) is 11.8. The number of nitrogens with zero attached hydrogens (tertiary/aromatic N) is 4. The first-order chi connectivity index (χ1) is 18.9. The number of benzene rings is 1. The molecule has 228 valence electrons. The minimum Gasteiger partial charge on any atom is -0.480 e. The summed E-state index contributed by atoms with van der Waals surface area (Å²) in [5.74, 6) is -2.11. The largest absolute Gasteiger partial charge is 0.480 e. The molecule has 2 atom stereocenters. The topological polar surface area (TPSA) is 192 Å². The second-order valence-electron chi connectivity index (χ2n) is 11.5. The van der Waals surface area contributed by atoms with Crippen molar-refractivity contribution in [2.45, 2.75) is 64.8 Å². The van der Waals surface area contributed by atoms with Crippen LogP contribution in [0.2, 0.25) is 0 Å². The number of aliphatic carboxylic acids is 2. The number of para-hydroxylation sites is 2. The molecule has 2 amide bonds. The van der Waals surface area contributed by atoms with E-state index in [4.69, 9.17) is 14.6 Å². The summed E-state index contributed by atoms with van der Waals surface area (Å²) in [5.41, 5.74) is -1.19. The zero-order valence-electron chi connectivity index (χ0n) is 24.2. The number of carbonyl (C=O) groups excluding carboxylic acids is 2. The zero-order chi connectivity index (χ0) is 31.1. The lowest BCUT2D eigenvalue weighted by Crippen LogP contribution is -2.58. The number of ether oxygens (including phenoxy) is 2. The van der Waals surface area contributed by atoms with Crippen LogP contribution in [0.1, 0.15) is 41.5 Å². The van der Waals surface area contributed by atoms with Crippen molar-refractivity contribution < 1.29 is 43.8 Å². The number of anilines is 1. The van der Waals surface area contributed by atoms with E-state index >= 15 is 0 Å². The van der Waals surface area contributed by atoms with E-state index in [1.807, 2.05) is 0 Å². The lowest BCUT2D eigenvalue weighted by Gasteiger charge is -2.40. The van der Waals surface area contributed by atoms with Crippen molar-refractivity contribution in [1.82, 2.24) is 15.1 Å². The Balaban J connectivity index is 0.000000317. The summed E-state index contributed by atoms with van der Waals surface area (Å²) < 4.78 is 10.4. The maximum atomic E-state index is 12.2. The Morgan fingerprint density at radius 2 is 1.41 bits per heavy atom. The molecule has 2 aliphatic heterocycles. The van der Waals surface area contributed by atoms with Crippen LogP contribution < -0.4 is 10.2 Å². The fourth-order valence-corrected chi connectivity index (χ4v) is 4.04. The van der Waals surface area contributed by atoms with Crippen molar-refractivity contribution in [2.75, 3.05) is 44.2 Å². The van der Waals surface area contributed by atoms with Crippen LogP contribution in [-0.2, 0) is 19.1 Å². The van der Waals surface area contributed by atoms with Gasteiger partial charge in [-0.3, -0.25) is 14.9 Å². The second kappa shape index (κ2) is 13.5. The molecule has 0 bridgehead atoms. The van der Waals surface area contributed by atoms with E-state index in [9.17, 15) is 34.4 Å². The number of nitro benzene ring substituents is 1. The van der Waals surface area contributed by atoms with Gasteiger partial charge in [0.25, 0.3) is 5.69 Å². The quantitative estimate of drug-likeness (QED) is 0.348. The minimum atomic E-state index is -1.16. The van der Waals surface area contributed by atoms with Gasteiger partial charge in [-0.05, 0) is 47.6 Å². The van der Waals surface area contributed by atoms with Crippen molar-refractivity contribution in [2.24, 2.45) is 0 Å². The minimum absolute atomic E-state index is 0.115. The van der Waals surface area contributed by atoms with Crippen LogP contribution >= 0.6 is 0 Å². The van der Waals surface area contributed by atoms with Crippen molar-refractivity contribution in [3.8, 4) is 0 Å². The third-order valence-corrected chi connectivity index (χ3v) is 5.83. The maximum absolute atomic E-state index is 12.2. The molecule has 2 fully saturated rings. The van der Waals surface area contributed by atoms with Crippen LogP contribution in [0.15, 0.2) is 24.3 Å². The van der Waals surface area contributed by atoms with Crippen LogP contribution in [0.3, 0.4) is 0 Å². The normalized spacial score (nSPS) is 19.4. The van der Waals surface area contributed by atoms with Gasteiger partial charge in [0, 0.05) is 32.2 Å². The van der Waals surface area contributed by atoms with Gasteiger partial charge >= 0.3 is 24.1 Å². The Kier molecular flexibility index (Phi) is 10.9. The Bertz CT molecular complexity index is 1130. The molecule has 0 radical (unpaired) electrons. The molecule has 1 aromatic carbocycles. The molecule has 0 aromatic heterocycles. The molecule has 0 aliphatic carbocycles. The SMILES string of the molecule is CC(C)(C)OC(=O)N1CCN(c2ccccc2[N+](=O)[O-])C(C(=O)O)C1.CC(C)(C)OC(=O)N1CCNC(C(=O)O)C1. The molecule has 3 N–H and O–H groups in total. The van der Waals surface area contributed by atoms with Gasteiger partial charge in [0.2, 0.25) is 0 Å². The maximum Gasteiger partial charge on any atom is 0.410 e. The van der Waals surface area contributed by atoms with E-state index < -0.39 is 52.3 Å². The standard InChI is InChI=1S/C16H21N3O6.C10H18N2O4/c1-16(2,3)25-15(22)17-8-9-18(13(10-17)14(20)21)11-6-4-5-7-12(11)19(23)24;1-10(2,3)16-9(15)12-5-4-11-7(6-12)8(13)14/h4-7,13H,8-10H2,1-3H3,(H,20,21);7,11H,4-6H2,1-3H3,(H,13,14). The number of carboxylic acids is 2. The molecule has 2 heterocycles. The molecule has 2 unspecified atom stereocenters. The van der Waals surface area contributed by atoms with Gasteiger partial charge in [-0.2, -0.15) is 0 Å². The third kappa shape index (κ3) is 10.1. The predicted molar refractivity (Wildman–Crippen MR) is 147 cm³/mol. The number of amides is 2. The fraction of sp³-hybridized carbons (Fsp3) is 0.615. The number of piperazine rings is 2. The first-order valence-electron chi connectivity index (χ1n) is 13.0.